The van der Waals surface area contributed by atoms with Gasteiger partial charge in [-0.2, -0.15) is 0 Å². The Labute approximate surface area is 150 Å². The monoisotopic (exact) mass is 340 g/mol. The highest BCUT2D eigenvalue weighted by Gasteiger charge is 2.20. The van der Waals surface area contributed by atoms with E-state index in [1.807, 2.05) is 19.0 Å². The van der Waals surface area contributed by atoms with Crippen molar-refractivity contribution in [1.82, 2.24) is 15.5 Å². The summed E-state index contributed by atoms with van der Waals surface area (Å²) in [5.41, 5.74) is 2.73. The number of rotatable bonds is 6. The van der Waals surface area contributed by atoms with Crippen LogP contribution in [0, 0.1) is 5.92 Å². The molecule has 0 radical (unpaired) electrons. The molecule has 0 aliphatic heterocycles. The fraction of sp³-hybridized carbons (Fsp3) is 0.450. The Bertz CT molecular complexity index is 691. The fourth-order valence-electron chi connectivity index (χ4n) is 2.62. The van der Waals surface area contributed by atoms with Crippen LogP contribution in [-0.2, 0) is 0 Å². The van der Waals surface area contributed by atoms with Crippen LogP contribution in [0.2, 0.25) is 0 Å². The van der Waals surface area contributed by atoms with Crippen LogP contribution in [0.1, 0.15) is 61.3 Å². The average molecular weight is 340 g/mol. The first-order valence-corrected chi connectivity index (χ1v) is 8.71. The first-order chi connectivity index (χ1) is 11.8. The Hall–Kier alpha value is -2.43. The van der Waals surface area contributed by atoms with Crippen molar-refractivity contribution >= 4 is 11.7 Å². The molecule has 1 aromatic heterocycles. The Morgan fingerprint density at radius 2 is 1.52 bits per heavy atom. The summed E-state index contributed by atoms with van der Waals surface area (Å²) >= 11 is 0. The molecule has 134 valence electrons. The Morgan fingerprint density at radius 3 is 1.96 bits per heavy atom. The molecule has 0 saturated carbocycles. The molecule has 0 spiro atoms. The lowest BCUT2D eigenvalue weighted by Gasteiger charge is -2.23. The van der Waals surface area contributed by atoms with Crippen LogP contribution < -0.4 is 10.2 Å². The number of benzene rings is 1. The minimum absolute atomic E-state index is 0.0657. The standard InChI is InChI=1S/C20H28N4O/c1-13(2)15-7-9-16(10-8-15)19(14(3)4)21-20(25)17-11-12-18(23-22-17)24(5)6/h7-14,19H,1-6H3,(H,21,25). The van der Waals surface area contributed by atoms with Crippen LogP contribution in [0.5, 0.6) is 0 Å². The molecule has 0 bridgehead atoms. The first kappa shape index (κ1) is 18.9. The minimum Gasteiger partial charge on any atom is -0.361 e. The molecule has 1 atom stereocenters. The third-order valence-corrected chi connectivity index (χ3v) is 4.26. The highest BCUT2D eigenvalue weighted by atomic mass is 16.2. The van der Waals surface area contributed by atoms with Crippen LogP contribution in [0.4, 0.5) is 5.82 Å². The van der Waals surface area contributed by atoms with Crippen LogP contribution >= 0.6 is 0 Å². The zero-order valence-electron chi connectivity index (χ0n) is 15.9. The predicted octanol–water partition coefficient (Wildman–Crippen LogP) is 3.79. The largest absolute Gasteiger partial charge is 0.361 e. The maximum atomic E-state index is 12.6. The molecule has 2 aromatic rings. The van der Waals surface area contributed by atoms with E-state index in [0.717, 1.165) is 11.4 Å². The quantitative estimate of drug-likeness (QED) is 0.869. The lowest BCUT2D eigenvalue weighted by molar-refractivity contribution is 0.0919. The number of carbonyl (C=O) groups is 1. The molecular weight excluding hydrogens is 312 g/mol. The van der Waals surface area contributed by atoms with Gasteiger partial charge in [-0.25, -0.2) is 0 Å². The molecule has 5 heteroatoms. The summed E-state index contributed by atoms with van der Waals surface area (Å²) < 4.78 is 0. The summed E-state index contributed by atoms with van der Waals surface area (Å²) in [5, 5.41) is 11.2. The molecule has 1 unspecified atom stereocenters. The van der Waals surface area contributed by atoms with Crippen LogP contribution in [0.25, 0.3) is 0 Å². The maximum Gasteiger partial charge on any atom is 0.272 e. The molecule has 5 nitrogen and oxygen atoms in total. The third kappa shape index (κ3) is 4.78. The molecule has 2 rings (SSSR count). The Balaban J connectivity index is 2.16. The SMILES string of the molecule is CC(C)c1ccc(C(NC(=O)c2ccc(N(C)C)nn2)C(C)C)cc1. The maximum absolute atomic E-state index is 12.6. The number of hydrogen-bond donors (Lipinski definition) is 1. The second-order valence-corrected chi connectivity index (χ2v) is 7.19. The van der Waals surface area contributed by atoms with E-state index in [4.69, 9.17) is 0 Å². The molecular formula is C20H28N4O. The zero-order chi connectivity index (χ0) is 18.6. The highest BCUT2D eigenvalue weighted by Crippen LogP contribution is 2.24. The minimum atomic E-state index is -0.204. The van der Waals surface area contributed by atoms with Crippen LogP contribution in [0.15, 0.2) is 36.4 Å². The van der Waals surface area contributed by atoms with E-state index in [-0.39, 0.29) is 17.9 Å². The summed E-state index contributed by atoms with van der Waals surface area (Å²) in [6.07, 6.45) is 0. The van der Waals surface area contributed by atoms with E-state index in [1.54, 1.807) is 12.1 Å². The summed E-state index contributed by atoms with van der Waals surface area (Å²) in [6, 6.07) is 11.9. The smallest absolute Gasteiger partial charge is 0.272 e. The van der Waals surface area contributed by atoms with Gasteiger partial charge in [0.05, 0.1) is 6.04 Å². The van der Waals surface area contributed by atoms with Gasteiger partial charge in [0, 0.05) is 14.1 Å². The van der Waals surface area contributed by atoms with Gasteiger partial charge in [-0.1, -0.05) is 52.0 Å². The van der Waals surface area contributed by atoms with E-state index >= 15 is 0 Å². The summed E-state index contributed by atoms with van der Waals surface area (Å²) in [7, 11) is 3.78. The molecule has 1 amide bonds. The number of amides is 1. The van der Waals surface area contributed by atoms with E-state index in [1.165, 1.54) is 5.56 Å². The number of hydrogen-bond acceptors (Lipinski definition) is 4. The summed E-state index contributed by atoms with van der Waals surface area (Å²) in [4.78, 5) is 14.4. The second kappa shape index (κ2) is 8.10. The summed E-state index contributed by atoms with van der Waals surface area (Å²) in [6.45, 7) is 8.55. The van der Waals surface area contributed by atoms with Gasteiger partial charge < -0.3 is 10.2 Å². The van der Waals surface area contributed by atoms with E-state index in [0.29, 0.717) is 11.6 Å². The normalized spacial score (nSPS) is 12.3. The molecule has 25 heavy (non-hydrogen) atoms. The zero-order valence-corrected chi connectivity index (χ0v) is 15.9. The lowest BCUT2D eigenvalue weighted by Crippen LogP contribution is -2.32. The van der Waals surface area contributed by atoms with Crippen LogP contribution in [-0.4, -0.2) is 30.2 Å². The van der Waals surface area contributed by atoms with Gasteiger partial charge in [0.15, 0.2) is 11.5 Å². The van der Waals surface area contributed by atoms with Crippen molar-refractivity contribution in [2.24, 2.45) is 5.92 Å². The lowest BCUT2D eigenvalue weighted by atomic mass is 9.93. The third-order valence-electron chi connectivity index (χ3n) is 4.26. The average Bonchev–Trinajstić information content (AvgIpc) is 2.59. The predicted molar refractivity (Wildman–Crippen MR) is 102 cm³/mol. The van der Waals surface area contributed by atoms with E-state index < -0.39 is 0 Å². The van der Waals surface area contributed by atoms with Crippen molar-refractivity contribution in [2.75, 3.05) is 19.0 Å². The van der Waals surface area contributed by atoms with Crippen molar-refractivity contribution in [3.05, 3.63) is 53.2 Å². The van der Waals surface area contributed by atoms with Gasteiger partial charge in [-0.15, -0.1) is 10.2 Å². The summed E-state index contributed by atoms with van der Waals surface area (Å²) in [5.74, 6) is 1.28. The second-order valence-electron chi connectivity index (χ2n) is 7.19. The number of aromatic nitrogens is 2. The van der Waals surface area contributed by atoms with Gasteiger partial charge in [-0.3, -0.25) is 4.79 Å². The van der Waals surface area contributed by atoms with Gasteiger partial charge in [0.1, 0.15) is 0 Å². The van der Waals surface area contributed by atoms with Gasteiger partial charge in [0.25, 0.3) is 5.91 Å². The fourth-order valence-corrected chi connectivity index (χ4v) is 2.62. The van der Waals surface area contributed by atoms with Crippen LogP contribution in [0.3, 0.4) is 0 Å². The topological polar surface area (TPSA) is 58.1 Å². The number of nitrogens with zero attached hydrogens (tertiary/aromatic N) is 3. The Morgan fingerprint density at radius 1 is 0.920 bits per heavy atom. The molecule has 0 fully saturated rings. The molecule has 1 N–H and O–H groups in total. The van der Waals surface area contributed by atoms with E-state index in [2.05, 4.69) is 67.5 Å². The van der Waals surface area contributed by atoms with E-state index in [9.17, 15) is 4.79 Å². The van der Waals surface area contributed by atoms with Crippen molar-refractivity contribution in [2.45, 2.75) is 39.7 Å². The number of carbonyl (C=O) groups excluding carboxylic acids is 1. The molecule has 0 aliphatic carbocycles. The van der Waals surface area contributed by atoms with Gasteiger partial charge in [0.2, 0.25) is 0 Å². The van der Waals surface area contributed by atoms with Crippen molar-refractivity contribution in [3.8, 4) is 0 Å². The van der Waals surface area contributed by atoms with Crippen molar-refractivity contribution < 1.29 is 4.79 Å². The van der Waals surface area contributed by atoms with Crippen molar-refractivity contribution in [3.63, 3.8) is 0 Å². The first-order valence-electron chi connectivity index (χ1n) is 8.71. The van der Waals surface area contributed by atoms with Crippen molar-refractivity contribution in [1.29, 1.82) is 0 Å². The van der Waals surface area contributed by atoms with Gasteiger partial charge >= 0.3 is 0 Å². The molecule has 0 saturated heterocycles. The molecule has 0 aliphatic rings. The number of nitrogens with one attached hydrogen (secondary N) is 1. The highest BCUT2D eigenvalue weighted by molar-refractivity contribution is 5.92. The molecule has 1 heterocycles. The van der Waals surface area contributed by atoms with Gasteiger partial charge in [-0.05, 0) is 35.1 Å². The Kier molecular flexibility index (Phi) is 6.12. The molecule has 1 aromatic carbocycles. The number of anilines is 1.